The second-order valence-electron chi connectivity index (χ2n) is 8.66. The summed E-state index contributed by atoms with van der Waals surface area (Å²) in [5.41, 5.74) is 5.63. The van der Waals surface area contributed by atoms with E-state index < -0.39 is 36.0 Å². The van der Waals surface area contributed by atoms with Crippen molar-refractivity contribution in [3.8, 4) is 0 Å². The van der Waals surface area contributed by atoms with Crippen LogP contribution in [0.3, 0.4) is 0 Å². The quantitative estimate of drug-likeness (QED) is 0.572. The Kier molecular flexibility index (Phi) is 7.13. The molecule has 0 aliphatic carbocycles. The first-order valence-electron chi connectivity index (χ1n) is 10.7. The molecule has 0 bridgehead atoms. The highest BCUT2D eigenvalue weighted by Crippen LogP contribution is 2.39. The minimum absolute atomic E-state index is 0.0842. The van der Waals surface area contributed by atoms with Crippen LogP contribution in [0.1, 0.15) is 42.6 Å². The number of rotatable bonds is 5. The lowest BCUT2D eigenvalue weighted by Crippen LogP contribution is -2.55. The third-order valence-electron chi connectivity index (χ3n) is 5.93. The van der Waals surface area contributed by atoms with Crippen LogP contribution in [-0.2, 0) is 15.1 Å². The van der Waals surface area contributed by atoms with Crippen molar-refractivity contribution in [2.75, 3.05) is 23.7 Å². The first-order valence-corrected chi connectivity index (χ1v) is 10.7. The van der Waals surface area contributed by atoms with Crippen molar-refractivity contribution < 1.29 is 27.6 Å². The van der Waals surface area contributed by atoms with Crippen molar-refractivity contribution in [2.24, 2.45) is 11.7 Å². The fourth-order valence-corrected chi connectivity index (χ4v) is 3.97. The zero-order valence-corrected chi connectivity index (χ0v) is 18.8. The number of pyridine rings is 1. The molecule has 1 fully saturated rings. The molecule has 1 aliphatic heterocycles. The number of likely N-dealkylation sites (tertiary alicyclic amines) is 1. The molecule has 3 amide bonds. The molecule has 3 rings (SSSR count). The average molecular weight is 477 g/mol. The van der Waals surface area contributed by atoms with Gasteiger partial charge in [-0.05, 0) is 49.4 Å². The summed E-state index contributed by atoms with van der Waals surface area (Å²) in [6.07, 6.45) is -0.423. The lowest BCUT2D eigenvalue weighted by Gasteiger charge is -2.47. The number of carbonyl (C=O) groups excluding carboxylic acids is 3. The van der Waals surface area contributed by atoms with Crippen LogP contribution in [0.25, 0.3) is 0 Å². The highest BCUT2D eigenvalue weighted by molar-refractivity contribution is 6.39. The largest absolute Gasteiger partial charge is 0.405 e. The minimum Gasteiger partial charge on any atom is -0.376 e. The third kappa shape index (κ3) is 5.83. The lowest BCUT2D eigenvalue weighted by atomic mass is 9.79. The van der Waals surface area contributed by atoms with Gasteiger partial charge in [-0.3, -0.25) is 19.4 Å². The Morgan fingerprint density at radius 1 is 1.18 bits per heavy atom. The summed E-state index contributed by atoms with van der Waals surface area (Å²) in [4.78, 5) is 42.7. The topological polar surface area (TPSA) is 117 Å². The molecule has 1 saturated heterocycles. The van der Waals surface area contributed by atoms with E-state index in [-0.39, 0.29) is 17.2 Å². The van der Waals surface area contributed by atoms with Gasteiger partial charge in [0.25, 0.3) is 0 Å². The van der Waals surface area contributed by atoms with Crippen LogP contribution < -0.4 is 16.4 Å². The van der Waals surface area contributed by atoms with Crippen molar-refractivity contribution in [1.29, 1.82) is 0 Å². The van der Waals surface area contributed by atoms with Crippen LogP contribution in [0.4, 0.5) is 24.5 Å². The van der Waals surface area contributed by atoms with Gasteiger partial charge in [-0.15, -0.1) is 0 Å². The fourth-order valence-electron chi connectivity index (χ4n) is 3.97. The Hall–Kier alpha value is -3.63. The molecule has 182 valence electrons. The minimum atomic E-state index is -4.34. The predicted octanol–water partition coefficient (Wildman–Crippen LogP) is 3.27. The molecule has 2 heterocycles. The van der Waals surface area contributed by atoms with Crippen molar-refractivity contribution in [2.45, 2.75) is 38.4 Å². The normalized spacial score (nSPS) is 20.5. The molecule has 11 heteroatoms. The maximum atomic E-state index is 13.2. The van der Waals surface area contributed by atoms with E-state index in [1.54, 1.807) is 12.1 Å². The van der Waals surface area contributed by atoms with Crippen LogP contribution in [0.15, 0.2) is 42.7 Å². The summed E-state index contributed by atoms with van der Waals surface area (Å²) in [7, 11) is 0. The predicted molar refractivity (Wildman–Crippen MR) is 120 cm³/mol. The van der Waals surface area contributed by atoms with E-state index in [9.17, 15) is 27.6 Å². The highest BCUT2D eigenvalue weighted by atomic mass is 19.4. The number of nitrogens with two attached hydrogens (primary N) is 1. The number of benzene rings is 1. The second kappa shape index (κ2) is 9.70. The van der Waals surface area contributed by atoms with Crippen molar-refractivity contribution >= 4 is 29.1 Å². The molecule has 8 nitrogen and oxygen atoms in total. The van der Waals surface area contributed by atoms with Gasteiger partial charge in [0.1, 0.15) is 6.54 Å². The van der Waals surface area contributed by atoms with Crippen LogP contribution >= 0.6 is 0 Å². The number of amides is 3. The van der Waals surface area contributed by atoms with Gasteiger partial charge in [0.05, 0.1) is 23.0 Å². The Bertz CT molecular complexity index is 1070. The Balaban J connectivity index is 1.80. The molecule has 2 aromatic rings. The number of primary amides is 1. The van der Waals surface area contributed by atoms with E-state index in [4.69, 9.17) is 5.73 Å². The Morgan fingerprint density at radius 2 is 1.85 bits per heavy atom. The number of aromatic nitrogens is 1. The molecule has 1 aliphatic rings. The van der Waals surface area contributed by atoms with Crippen LogP contribution in [-0.4, -0.2) is 46.9 Å². The molecule has 0 saturated carbocycles. The van der Waals surface area contributed by atoms with Crippen molar-refractivity contribution in [3.63, 3.8) is 0 Å². The summed E-state index contributed by atoms with van der Waals surface area (Å²) in [5, 5.41) is 4.78. The van der Waals surface area contributed by atoms with Gasteiger partial charge in [0, 0.05) is 18.4 Å². The first kappa shape index (κ1) is 25.0. The molecule has 0 unspecified atom stereocenters. The van der Waals surface area contributed by atoms with E-state index in [1.165, 1.54) is 35.5 Å². The van der Waals surface area contributed by atoms with Gasteiger partial charge in [-0.2, -0.15) is 13.2 Å². The molecule has 1 aromatic heterocycles. The van der Waals surface area contributed by atoms with E-state index in [1.807, 2.05) is 13.8 Å². The van der Waals surface area contributed by atoms with Crippen LogP contribution in [0.5, 0.6) is 0 Å². The number of hydrogen-bond acceptors (Lipinski definition) is 5. The van der Waals surface area contributed by atoms with E-state index in [0.29, 0.717) is 24.2 Å². The summed E-state index contributed by atoms with van der Waals surface area (Å²) < 4.78 is 37.4. The summed E-state index contributed by atoms with van der Waals surface area (Å²) in [6, 6.07) is 7.69. The number of nitrogens with one attached hydrogen (secondary N) is 2. The lowest BCUT2D eigenvalue weighted by molar-refractivity contribution is -0.150. The smallest absolute Gasteiger partial charge is 0.376 e. The van der Waals surface area contributed by atoms with Gasteiger partial charge in [0.15, 0.2) is 0 Å². The van der Waals surface area contributed by atoms with Crippen molar-refractivity contribution in [1.82, 2.24) is 9.88 Å². The molecular formula is C23H26F3N5O3. The maximum Gasteiger partial charge on any atom is 0.405 e. The van der Waals surface area contributed by atoms with E-state index in [0.717, 1.165) is 6.42 Å². The Labute approximate surface area is 194 Å². The summed E-state index contributed by atoms with van der Waals surface area (Å²) in [5.74, 6) is -2.23. The SMILES string of the molecule is C[C@H]1CC[C@@](C)(c2ccc(NCC(F)(F)F)cc2)N(C(=O)C(=O)Nc2cncc(C(N)=O)c2)C1. The van der Waals surface area contributed by atoms with Gasteiger partial charge in [-0.25, -0.2) is 0 Å². The van der Waals surface area contributed by atoms with Crippen LogP contribution in [0.2, 0.25) is 0 Å². The standard InChI is InChI=1S/C23H26F3N5O3/c1-14-7-8-22(2,16-3-5-17(6-4-16)29-13-23(24,25)26)31(12-14)21(34)20(33)30-18-9-15(19(27)32)10-28-11-18/h3-6,9-11,14,29H,7-8,12-13H2,1-2H3,(H2,27,32)(H,30,33)/t14-,22-/m0/s1. The number of carbonyl (C=O) groups is 3. The third-order valence-corrected chi connectivity index (χ3v) is 5.93. The van der Waals surface area contributed by atoms with E-state index >= 15 is 0 Å². The van der Waals surface area contributed by atoms with Gasteiger partial charge < -0.3 is 21.3 Å². The molecule has 1 aromatic carbocycles. The zero-order chi connectivity index (χ0) is 25.1. The zero-order valence-electron chi connectivity index (χ0n) is 18.8. The summed E-state index contributed by atoms with van der Waals surface area (Å²) >= 11 is 0. The van der Waals surface area contributed by atoms with Crippen molar-refractivity contribution in [3.05, 3.63) is 53.9 Å². The van der Waals surface area contributed by atoms with Gasteiger partial charge in [0.2, 0.25) is 5.91 Å². The average Bonchev–Trinajstić information content (AvgIpc) is 2.79. The Morgan fingerprint density at radius 3 is 2.47 bits per heavy atom. The number of alkyl halides is 3. The fraction of sp³-hybridized carbons (Fsp3) is 0.391. The maximum absolute atomic E-state index is 13.2. The number of hydrogen-bond donors (Lipinski definition) is 3. The molecule has 4 N–H and O–H groups in total. The monoisotopic (exact) mass is 477 g/mol. The van der Waals surface area contributed by atoms with E-state index in [2.05, 4.69) is 15.6 Å². The van der Waals surface area contributed by atoms with Crippen LogP contribution in [0, 0.1) is 5.92 Å². The van der Waals surface area contributed by atoms with Gasteiger partial charge in [-0.1, -0.05) is 19.1 Å². The molecule has 2 atom stereocenters. The number of anilines is 2. The number of halogens is 3. The molecule has 0 radical (unpaired) electrons. The molecule has 0 spiro atoms. The van der Waals surface area contributed by atoms with Gasteiger partial charge >= 0.3 is 18.0 Å². The number of nitrogens with zero attached hydrogens (tertiary/aromatic N) is 2. The summed E-state index contributed by atoms with van der Waals surface area (Å²) in [6.45, 7) is 2.98. The second-order valence-corrected chi connectivity index (χ2v) is 8.66. The first-order chi connectivity index (χ1) is 15.9. The number of piperidine rings is 1. The molecular weight excluding hydrogens is 451 g/mol. The molecule has 34 heavy (non-hydrogen) atoms. The highest BCUT2D eigenvalue weighted by Gasteiger charge is 2.43.